The first kappa shape index (κ1) is 13.2. The Labute approximate surface area is 105 Å². The molecular weight excluding hydrogens is 240 g/mol. The second-order valence-corrected chi connectivity index (χ2v) is 3.47. The molecule has 0 aliphatic carbocycles. The van der Waals surface area contributed by atoms with Gasteiger partial charge < -0.3 is 0 Å². The average Bonchev–Trinajstić information content (AvgIpc) is 2.56. The Morgan fingerprint density at radius 3 is 2.82 bits per heavy atom. The molecule has 17 heavy (non-hydrogen) atoms. The summed E-state index contributed by atoms with van der Waals surface area (Å²) in [7, 11) is 1.71. The molecule has 5 nitrogen and oxygen atoms in total. The van der Waals surface area contributed by atoms with Crippen molar-refractivity contribution in [1.29, 1.82) is 0 Å². The minimum absolute atomic E-state index is 0. The second kappa shape index (κ2) is 5.45. The summed E-state index contributed by atoms with van der Waals surface area (Å²) in [6, 6.07) is 3.73. The van der Waals surface area contributed by atoms with Gasteiger partial charge in [-0.3, -0.25) is 14.5 Å². The number of aromatic amines is 1. The molecule has 0 aromatic carbocycles. The minimum atomic E-state index is -0.157. The van der Waals surface area contributed by atoms with E-state index in [1.54, 1.807) is 25.7 Å². The molecule has 0 saturated heterocycles. The van der Waals surface area contributed by atoms with Gasteiger partial charge in [0.15, 0.2) is 5.82 Å². The fraction of sp³-hybridized carbons (Fsp3) is 0.182. The standard InChI is InChI=1S/C11H12N4O.ClH/c1-8-10(14-11(16)15(8)2)13-7-9-4-3-5-12-6-9;/h3-7H,1-2H3,(H,14,16);1H. The molecule has 6 heteroatoms. The van der Waals surface area contributed by atoms with Crippen molar-refractivity contribution < 1.29 is 0 Å². The van der Waals surface area contributed by atoms with Crippen LogP contribution in [0.25, 0.3) is 0 Å². The van der Waals surface area contributed by atoms with Gasteiger partial charge in [-0.15, -0.1) is 12.4 Å². The van der Waals surface area contributed by atoms with Crippen LogP contribution in [0.5, 0.6) is 0 Å². The number of halogens is 1. The molecule has 2 aromatic rings. The highest BCUT2D eigenvalue weighted by atomic mass is 35.5. The van der Waals surface area contributed by atoms with E-state index in [2.05, 4.69) is 15.0 Å². The Morgan fingerprint density at radius 2 is 2.29 bits per heavy atom. The zero-order chi connectivity index (χ0) is 11.5. The number of imidazole rings is 1. The zero-order valence-electron chi connectivity index (χ0n) is 9.54. The molecule has 0 saturated carbocycles. The van der Waals surface area contributed by atoms with Gasteiger partial charge in [0.2, 0.25) is 0 Å². The van der Waals surface area contributed by atoms with Gasteiger partial charge in [-0.1, -0.05) is 6.07 Å². The number of nitrogens with one attached hydrogen (secondary N) is 1. The van der Waals surface area contributed by atoms with Crippen molar-refractivity contribution >= 4 is 24.4 Å². The number of H-pyrrole nitrogens is 1. The average molecular weight is 253 g/mol. The van der Waals surface area contributed by atoms with E-state index in [9.17, 15) is 4.79 Å². The van der Waals surface area contributed by atoms with Crippen LogP contribution in [-0.4, -0.2) is 20.7 Å². The van der Waals surface area contributed by atoms with Crippen molar-refractivity contribution in [3.8, 4) is 0 Å². The number of hydrogen-bond acceptors (Lipinski definition) is 3. The number of aromatic nitrogens is 3. The van der Waals surface area contributed by atoms with E-state index in [-0.39, 0.29) is 18.1 Å². The van der Waals surface area contributed by atoms with E-state index in [4.69, 9.17) is 0 Å². The first-order valence-electron chi connectivity index (χ1n) is 4.88. The highest BCUT2D eigenvalue weighted by molar-refractivity contribution is 5.85. The Kier molecular flexibility index (Phi) is 4.23. The molecule has 0 aliphatic rings. The van der Waals surface area contributed by atoms with Crippen LogP contribution in [0.1, 0.15) is 11.3 Å². The van der Waals surface area contributed by atoms with Crippen LogP contribution >= 0.6 is 12.4 Å². The van der Waals surface area contributed by atoms with Gasteiger partial charge in [-0.25, -0.2) is 9.79 Å². The summed E-state index contributed by atoms with van der Waals surface area (Å²) in [5.41, 5.74) is 1.55. The van der Waals surface area contributed by atoms with Crippen LogP contribution in [0.2, 0.25) is 0 Å². The lowest BCUT2D eigenvalue weighted by Gasteiger charge is -1.93. The maximum absolute atomic E-state index is 11.3. The van der Waals surface area contributed by atoms with Gasteiger partial charge in [0, 0.05) is 31.2 Å². The molecule has 2 rings (SSSR count). The van der Waals surface area contributed by atoms with E-state index >= 15 is 0 Å². The summed E-state index contributed by atoms with van der Waals surface area (Å²) < 4.78 is 1.52. The van der Waals surface area contributed by atoms with Crippen molar-refractivity contribution in [2.45, 2.75) is 6.92 Å². The smallest absolute Gasteiger partial charge is 0.298 e. The predicted molar refractivity (Wildman–Crippen MR) is 69.5 cm³/mol. The maximum atomic E-state index is 11.3. The molecule has 0 radical (unpaired) electrons. The Morgan fingerprint density at radius 1 is 1.53 bits per heavy atom. The first-order chi connectivity index (χ1) is 7.68. The lowest BCUT2D eigenvalue weighted by atomic mass is 10.3. The van der Waals surface area contributed by atoms with Crippen molar-refractivity contribution in [3.63, 3.8) is 0 Å². The summed E-state index contributed by atoms with van der Waals surface area (Å²) in [4.78, 5) is 22.2. The van der Waals surface area contributed by atoms with Gasteiger partial charge in [-0.2, -0.15) is 0 Å². The SMILES string of the molecule is Cc1c(N=Cc2cccnc2)[nH]c(=O)n1C.Cl. The summed E-state index contributed by atoms with van der Waals surface area (Å²) in [6.45, 7) is 1.84. The molecule has 0 aliphatic heterocycles. The molecular formula is C11H13ClN4O. The Bertz CT molecular complexity index is 571. The number of aliphatic imine (C=N–C) groups is 1. The molecule has 0 atom stereocenters. The predicted octanol–water partition coefficient (Wildman–Crippen LogP) is 1.59. The molecule has 0 fully saturated rings. The zero-order valence-corrected chi connectivity index (χ0v) is 10.4. The van der Waals surface area contributed by atoms with Gasteiger partial charge in [0.25, 0.3) is 0 Å². The molecule has 0 bridgehead atoms. The van der Waals surface area contributed by atoms with Crippen LogP contribution in [0.3, 0.4) is 0 Å². The van der Waals surface area contributed by atoms with Crippen LogP contribution in [0.4, 0.5) is 5.82 Å². The normalized spacial score (nSPS) is 10.5. The number of nitrogens with zero attached hydrogens (tertiary/aromatic N) is 3. The minimum Gasteiger partial charge on any atom is -0.298 e. The van der Waals surface area contributed by atoms with Crippen molar-refractivity contribution in [1.82, 2.24) is 14.5 Å². The highest BCUT2D eigenvalue weighted by Gasteiger charge is 2.03. The lowest BCUT2D eigenvalue weighted by Crippen LogP contribution is -2.12. The lowest BCUT2D eigenvalue weighted by molar-refractivity contribution is 0.830. The molecule has 0 amide bonds. The third-order valence-corrected chi connectivity index (χ3v) is 2.40. The van der Waals surface area contributed by atoms with Crippen LogP contribution in [-0.2, 0) is 7.05 Å². The van der Waals surface area contributed by atoms with Gasteiger partial charge >= 0.3 is 5.69 Å². The fourth-order valence-corrected chi connectivity index (χ4v) is 1.30. The molecule has 0 spiro atoms. The summed E-state index contributed by atoms with van der Waals surface area (Å²) in [6.07, 6.45) is 5.08. The van der Waals surface area contributed by atoms with E-state index in [0.29, 0.717) is 5.82 Å². The van der Waals surface area contributed by atoms with Crippen LogP contribution in [0, 0.1) is 6.92 Å². The largest absolute Gasteiger partial charge is 0.327 e. The Hall–Kier alpha value is -1.88. The molecule has 2 heterocycles. The van der Waals surface area contributed by atoms with Gasteiger partial charge in [-0.05, 0) is 13.0 Å². The monoisotopic (exact) mass is 252 g/mol. The molecule has 2 aromatic heterocycles. The number of pyridine rings is 1. The first-order valence-corrected chi connectivity index (χ1v) is 4.88. The van der Waals surface area contributed by atoms with E-state index in [1.807, 2.05) is 19.1 Å². The van der Waals surface area contributed by atoms with E-state index in [0.717, 1.165) is 11.3 Å². The van der Waals surface area contributed by atoms with Crippen molar-refractivity contribution in [2.75, 3.05) is 0 Å². The number of hydrogen-bond donors (Lipinski definition) is 1. The molecule has 1 N–H and O–H groups in total. The fourth-order valence-electron chi connectivity index (χ4n) is 1.30. The molecule has 0 unspecified atom stereocenters. The Balaban J connectivity index is 0.00000144. The summed E-state index contributed by atoms with van der Waals surface area (Å²) in [5, 5.41) is 0. The number of rotatable bonds is 2. The highest BCUT2D eigenvalue weighted by Crippen LogP contribution is 2.11. The second-order valence-electron chi connectivity index (χ2n) is 3.47. The van der Waals surface area contributed by atoms with Crippen molar-refractivity contribution in [3.05, 3.63) is 46.3 Å². The third-order valence-electron chi connectivity index (χ3n) is 2.40. The third kappa shape index (κ3) is 2.82. The maximum Gasteiger partial charge on any atom is 0.327 e. The van der Waals surface area contributed by atoms with Crippen LogP contribution in [0.15, 0.2) is 34.3 Å². The topological polar surface area (TPSA) is 63.0 Å². The summed E-state index contributed by atoms with van der Waals surface area (Å²) in [5.74, 6) is 0.580. The van der Waals surface area contributed by atoms with Crippen molar-refractivity contribution in [2.24, 2.45) is 12.0 Å². The van der Waals surface area contributed by atoms with Gasteiger partial charge in [0.05, 0.1) is 5.69 Å². The molecule has 90 valence electrons. The summed E-state index contributed by atoms with van der Waals surface area (Å²) >= 11 is 0. The van der Waals surface area contributed by atoms with Gasteiger partial charge in [0.1, 0.15) is 0 Å². The quantitative estimate of drug-likeness (QED) is 0.825. The van der Waals surface area contributed by atoms with E-state index < -0.39 is 0 Å². The van der Waals surface area contributed by atoms with E-state index in [1.165, 1.54) is 4.57 Å². The van der Waals surface area contributed by atoms with Crippen LogP contribution < -0.4 is 5.69 Å².